The van der Waals surface area contributed by atoms with E-state index in [1.54, 1.807) is 0 Å². The minimum Gasteiger partial charge on any atom is -0.356 e. The molecule has 0 unspecified atom stereocenters. The van der Waals surface area contributed by atoms with Crippen LogP contribution in [-0.2, 0) is 21.7 Å². The number of hydrogen-bond acceptors (Lipinski definition) is 1. The van der Waals surface area contributed by atoms with Gasteiger partial charge in [0.15, 0.2) is 0 Å². The molecule has 1 spiro atoms. The third-order valence-electron chi connectivity index (χ3n) is 15.1. The molecule has 68 heavy (non-hydrogen) atoms. The van der Waals surface area contributed by atoms with E-state index in [2.05, 4.69) is 268 Å². The Labute approximate surface area is 404 Å². The SMILES string of the molecule is CC(C)(C)c1ccc2c(c1)C1(c3cc(C(C)(C)C)ccc3-2)c2ccccc2-c2cccc(-c3ccc(Nc4ccc(-c5ccccc5)cc4)cc3)c21.Cc1ccc2c(c1)C(C)(C)c1ccccc1-2. The van der Waals surface area contributed by atoms with Crippen molar-refractivity contribution in [2.24, 2.45) is 0 Å². The lowest BCUT2D eigenvalue weighted by Gasteiger charge is -2.34. The summed E-state index contributed by atoms with van der Waals surface area (Å²) in [6.07, 6.45) is 0. The van der Waals surface area contributed by atoms with E-state index in [9.17, 15) is 0 Å². The largest absolute Gasteiger partial charge is 0.356 e. The molecular weight excluding hydrogens is 819 g/mol. The lowest BCUT2D eigenvalue weighted by atomic mass is 9.67. The standard InChI is InChI=1S/C51H45N.C16H16/c1-49(2,3)36-23-29-42-43-30-24-37(50(4,5)6)32-47(43)51(46(42)31-36)45-18-11-10-15-41(45)44-17-12-16-40(48(44)51)35-21-27-39(28-22-35)52-38-25-19-34(20-26-38)33-13-8-7-9-14-33;1-11-8-9-13-12-6-4-5-7-14(12)16(2,3)15(13)10-11/h7-32,52H,1-6H3;4-10H,1-3H3. The number of nitrogens with one attached hydrogen (secondary N) is 1. The Hall–Kier alpha value is -7.22. The van der Waals surface area contributed by atoms with E-state index in [0.717, 1.165) is 11.4 Å². The first-order valence-corrected chi connectivity index (χ1v) is 24.4. The van der Waals surface area contributed by atoms with Crippen molar-refractivity contribution in [3.63, 3.8) is 0 Å². The summed E-state index contributed by atoms with van der Waals surface area (Å²) in [7, 11) is 0. The van der Waals surface area contributed by atoms with Crippen LogP contribution in [0.25, 0.3) is 55.6 Å². The number of fused-ring (bicyclic) bond motifs is 13. The molecule has 0 amide bonds. The molecule has 0 saturated carbocycles. The van der Waals surface area contributed by atoms with Crippen molar-refractivity contribution in [3.8, 4) is 55.6 Å². The highest BCUT2D eigenvalue weighted by molar-refractivity contribution is 5.99. The molecule has 0 atom stereocenters. The molecule has 1 nitrogen and oxygen atoms in total. The number of hydrogen-bond donors (Lipinski definition) is 1. The topological polar surface area (TPSA) is 12.0 Å². The van der Waals surface area contributed by atoms with Crippen LogP contribution in [0.4, 0.5) is 11.4 Å². The average molecular weight is 880 g/mol. The van der Waals surface area contributed by atoms with Gasteiger partial charge in [-0.3, -0.25) is 0 Å². The van der Waals surface area contributed by atoms with E-state index in [1.165, 1.54) is 106 Å². The summed E-state index contributed by atoms with van der Waals surface area (Å²) < 4.78 is 0. The second-order valence-electron chi connectivity index (χ2n) is 21.9. The molecule has 334 valence electrons. The lowest BCUT2D eigenvalue weighted by Crippen LogP contribution is -2.28. The van der Waals surface area contributed by atoms with Crippen LogP contribution in [0, 0.1) is 6.92 Å². The van der Waals surface area contributed by atoms with Crippen LogP contribution in [0.2, 0.25) is 0 Å². The molecule has 3 aliphatic carbocycles. The molecule has 1 heteroatoms. The van der Waals surface area contributed by atoms with E-state index >= 15 is 0 Å². The number of aryl methyl sites for hydroxylation is 1. The fourth-order valence-corrected chi connectivity index (χ4v) is 11.5. The van der Waals surface area contributed by atoms with Crippen LogP contribution in [0.1, 0.15) is 105 Å². The van der Waals surface area contributed by atoms with Gasteiger partial charge in [-0.25, -0.2) is 0 Å². The summed E-state index contributed by atoms with van der Waals surface area (Å²) in [5.74, 6) is 0. The Morgan fingerprint density at radius 3 is 1.37 bits per heavy atom. The van der Waals surface area contributed by atoms with E-state index in [-0.39, 0.29) is 16.2 Å². The number of anilines is 2. The second kappa shape index (κ2) is 16.0. The molecule has 0 radical (unpaired) electrons. The molecule has 1 N–H and O–H groups in total. The van der Waals surface area contributed by atoms with Crippen molar-refractivity contribution in [2.75, 3.05) is 5.32 Å². The molecular formula is C67H61N. The van der Waals surface area contributed by atoms with Gasteiger partial charge in [0, 0.05) is 16.8 Å². The maximum atomic E-state index is 3.64. The van der Waals surface area contributed by atoms with Crippen molar-refractivity contribution in [1.82, 2.24) is 0 Å². The first kappa shape index (κ1) is 43.4. The van der Waals surface area contributed by atoms with Crippen LogP contribution in [0.15, 0.2) is 200 Å². The normalized spacial score (nSPS) is 14.2. The average Bonchev–Trinajstić information content (AvgIpc) is 3.90. The zero-order chi connectivity index (χ0) is 47.2. The zero-order valence-electron chi connectivity index (χ0n) is 41.1. The van der Waals surface area contributed by atoms with Crippen LogP contribution in [0.5, 0.6) is 0 Å². The Bertz CT molecular complexity index is 3320. The third kappa shape index (κ3) is 6.97. The molecule has 0 fully saturated rings. The van der Waals surface area contributed by atoms with Crippen LogP contribution < -0.4 is 5.32 Å². The van der Waals surface area contributed by atoms with Crippen molar-refractivity contribution < 1.29 is 0 Å². The monoisotopic (exact) mass is 879 g/mol. The third-order valence-corrected chi connectivity index (χ3v) is 15.1. The van der Waals surface area contributed by atoms with Gasteiger partial charge in [-0.2, -0.15) is 0 Å². The Kier molecular flexibility index (Phi) is 10.2. The van der Waals surface area contributed by atoms with Crippen molar-refractivity contribution >= 4 is 11.4 Å². The van der Waals surface area contributed by atoms with Gasteiger partial charge in [0.25, 0.3) is 0 Å². The van der Waals surface area contributed by atoms with Crippen LogP contribution in [0.3, 0.4) is 0 Å². The predicted molar refractivity (Wildman–Crippen MR) is 289 cm³/mol. The minimum atomic E-state index is -0.437. The maximum Gasteiger partial charge on any atom is 0.0731 e. The fraction of sp³-hybridized carbons (Fsp3) is 0.194. The van der Waals surface area contributed by atoms with Gasteiger partial charge in [-0.15, -0.1) is 0 Å². The fourth-order valence-electron chi connectivity index (χ4n) is 11.5. The summed E-state index contributed by atoms with van der Waals surface area (Å²) >= 11 is 0. The van der Waals surface area contributed by atoms with Crippen LogP contribution >= 0.6 is 0 Å². The van der Waals surface area contributed by atoms with E-state index < -0.39 is 5.41 Å². The molecule has 3 aliphatic rings. The van der Waals surface area contributed by atoms with Gasteiger partial charge in [0.2, 0.25) is 0 Å². The van der Waals surface area contributed by atoms with Crippen molar-refractivity contribution in [2.45, 2.75) is 84.0 Å². The molecule has 0 heterocycles. The highest BCUT2D eigenvalue weighted by Gasteiger charge is 2.53. The van der Waals surface area contributed by atoms with Gasteiger partial charge in [-0.05, 0) is 142 Å². The summed E-state index contributed by atoms with van der Waals surface area (Å²) in [6, 6.07) is 74.5. The summed E-state index contributed by atoms with van der Waals surface area (Å²) in [6.45, 7) is 20.8. The molecule has 0 aliphatic heterocycles. The minimum absolute atomic E-state index is 0.0206. The molecule has 12 rings (SSSR count). The van der Waals surface area contributed by atoms with Gasteiger partial charge < -0.3 is 5.32 Å². The molecule has 0 saturated heterocycles. The van der Waals surface area contributed by atoms with Gasteiger partial charge in [-0.1, -0.05) is 237 Å². The predicted octanol–water partition coefficient (Wildman–Crippen LogP) is 18.0. The van der Waals surface area contributed by atoms with Crippen molar-refractivity contribution in [3.05, 3.63) is 250 Å². The molecule has 0 bridgehead atoms. The quantitative estimate of drug-likeness (QED) is 0.186. The van der Waals surface area contributed by atoms with Gasteiger partial charge >= 0.3 is 0 Å². The Balaban J connectivity index is 0.000000266. The highest BCUT2D eigenvalue weighted by atomic mass is 14.9. The van der Waals surface area contributed by atoms with E-state index in [0.29, 0.717) is 0 Å². The zero-order valence-corrected chi connectivity index (χ0v) is 41.1. The van der Waals surface area contributed by atoms with E-state index in [1.807, 2.05) is 0 Å². The smallest absolute Gasteiger partial charge is 0.0731 e. The molecule has 9 aromatic rings. The number of benzene rings is 9. The summed E-state index contributed by atoms with van der Waals surface area (Å²) in [5, 5.41) is 3.64. The summed E-state index contributed by atoms with van der Waals surface area (Å²) in [5.41, 5.74) is 27.6. The Morgan fingerprint density at radius 1 is 0.338 bits per heavy atom. The first-order chi connectivity index (χ1) is 32.6. The van der Waals surface area contributed by atoms with Crippen molar-refractivity contribution in [1.29, 1.82) is 0 Å². The highest BCUT2D eigenvalue weighted by Crippen LogP contribution is 2.65. The maximum absolute atomic E-state index is 3.64. The van der Waals surface area contributed by atoms with E-state index in [4.69, 9.17) is 0 Å². The molecule has 9 aromatic carbocycles. The summed E-state index contributed by atoms with van der Waals surface area (Å²) in [4.78, 5) is 0. The van der Waals surface area contributed by atoms with Gasteiger partial charge in [0.1, 0.15) is 0 Å². The van der Waals surface area contributed by atoms with Gasteiger partial charge in [0.05, 0.1) is 5.41 Å². The number of rotatable bonds is 4. The lowest BCUT2D eigenvalue weighted by molar-refractivity contribution is 0.586. The first-order valence-electron chi connectivity index (χ1n) is 24.4. The Morgan fingerprint density at radius 2 is 0.779 bits per heavy atom. The van der Waals surface area contributed by atoms with Crippen LogP contribution in [-0.4, -0.2) is 0 Å². The molecule has 0 aromatic heterocycles. The second-order valence-corrected chi connectivity index (χ2v) is 21.9.